The number of H-pyrrole nitrogens is 1. The van der Waals surface area contributed by atoms with E-state index < -0.39 is 16.1 Å². The summed E-state index contributed by atoms with van der Waals surface area (Å²) in [5.74, 6) is 1.34. The van der Waals surface area contributed by atoms with E-state index in [0.717, 1.165) is 46.0 Å². The molecule has 2 aromatic heterocycles. The van der Waals surface area contributed by atoms with Crippen molar-refractivity contribution in [3.63, 3.8) is 0 Å². The Bertz CT molecular complexity index is 1400. The molecule has 0 bridgehead atoms. The van der Waals surface area contributed by atoms with Crippen LogP contribution in [0.4, 0.5) is 0 Å². The second-order valence-electron chi connectivity index (χ2n) is 13.1. The van der Waals surface area contributed by atoms with Crippen molar-refractivity contribution in [3.05, 3.63) is 89.9 Å². The molecule has 1 aliphatic heterocycles. The van der Waals surface area contributed by atoms with Crippen molar-refractivity contribution < 1.29 is 9.47 Å². The maximum atomic E-state index is 8.34. The number of aromatic nitrogens is 3. The third-order valence-corrected chi connectivity index (χ3v) is 10.3. The van der Waals surface area contributed by atoms with Crippen LogP contribution in [0.15, 0.2) is 83.8 Å². The summed E-state index contributed by atoms with van der Waals surface area (Å²) in [5, 5.41) is 18.9. The average Bonchev–Trinajstić information content (AvgIpc) is 3.52. The molecule has 0 saturated heterocycles. The van der Waals surface area contributed by atoms with Crippen LogP contribution in [-0.4, -0.2) is 74.8 Å². The molecule has 9 nitrogen and oxygen atoms in total. The Hall–Kier alpha value is -3.65. The first-order chi connectivity index (χ1) is 20.5. The molecule has 0 unspecified atom stereocenters. The summed E-state index contributed by atoms with van der Waals surface area (Å²) in [5.41, 5.74) is 4.89. The second kappa shape index (κ2) is 14.7. The molecule has 0 radical (unpaired) electrons. The molecule has 1 aliphatic rings. The van der Waals surface area contributed by atoms with Gasteiger partial charge in [0.05, 0.1) is 17.6 Å². The highest BCUT2D eigenvalue weighted by atomic mass is 28.3. The lowest BCUT2D eigenvalue weighted by molar-refractivity contribution is -0.0227. The van der Waals surface area contributed by atoms with Crippen molar-refractivity contribution in [1.29, 1.82) is 5.41 Å². The van der Waals surface area contributed by atoms with Crippen LogP contribution in [0.1, 0.15) is 11.1 Å². The Balaban J connectivity index is 1.64. The van der Waals surface area contributed by atoms with Gasteiger partial charge in [-0.1, -0.05) is 75.7 Å². The molecule has 1 aromatic carbocycles. The van der Waals surface area contributed by atoms with Gasteiger partial charge in [0.15, 0.2) is 0 Å². The van der Waals surface area contributed by atoms with Crippen LogP contribution in [0, 0.1) is 5.41 Å². The number of ether oxygens (including phenoxy) is 2. The first-order valence-electron chi connectivity index (χ1n) is 14.8. The molecule has 43 heavy (non-hydrogen) atoms. The lowest BCUT2D eigenvalue weighted by Gasteiger charge is -2.31. The summed E-state index contributed by atoms with van der Waals surface area (Å²) in [7, 11) is -2.46. The minimum absolute atomic E-state index is 0.370. The first-order valence-corrected chi connectivity index (χ1v) is 22.2. The lowest BCUT2D eigenvalue weighted by Crippen LogP contribution is -2.38. The maximum absolute atomic E-state index is 8.34. The topological polar surface area (TPSA) is 112 Å². The number of allylic oxidation sites excluding steroid dienone is 2. The van der Waals surface area contributed by atoms with E-state index in [4.69, 9.17) is 19.9 Å². The molecule has 3 N–H and O–H groups in total. The fraction of sp³-hybridized carbons (Fsp3) is 0.375. The van der Waals surface area contributed by atoms with Gasteiger partial charge >= 0.3 is 0 Å². The van der Waals surface area contributed by atoms with Crippen molar-refractivity contribution in [1.82, 2.24) is 25.4 Å². The molecule has 0 amide bonds. The minimum Gasteiger partial charge on any atom is -0.361 e. The number of pyridine rings is 1. The van der Waals surface area contributed by atoms with Crippen LogP contribution in [0.5, 0.6) is 0 Å². The Morgan fingerprint density at radius 2 is 1.56 bits per heavy atom. The number of aliphatic imine (C=N–C) groups is 1. The Morgan fingerprint density at radius 3 is 2.09 bits per heavy atom. The smallest absolute Gasteiger partial charge is 0.141 e. The van der Waals surface area contributed by atoms with E-state index in [2.05, 4.69) is 64.7 Å². The average molecular weight is 616 g/mol. The van der Waals surface area contributed by atoms with Crippen LogP contribution in [0.2, 0.25) is 51.4 Å². The molecule has 0 atom stereocenters. The van der Waals surface area contributed by atoms with Crippen molar-refractivity contribution >= 4 is 33.6 Å². The van der Waals surface area contributed by atoms with Crippen LogP contribution >= 0.6 is 0 Å². The zero-order valence-electron chi connectivity index (χ0n) is 26.3. The van der Waals surface area contributed by atoms with E-state index in [9.17, 15) is 0 Å². The summed E-state index contributed by atoms with van der Waals surface area (Å²) in [6.07, 6.45) is 8.65. The van der Waals surface area contributed by atoms with Gasteiger partial charge in [0.1, 0.15) is 25.1 Å². The lowest BCUT2D eigenvalue weighted by atomic mass is 10.1. The van der Waals surface area contributed by atoms with E-state index in [0.29, 0.717) is 38.1 Å². The Labute approximate surface area is 257 Å². The van der Waals surface area contributed by atoms with Crippen molar-refractivity contribution in [2.24, 2.45) is 4.99 Å². The molecule has 0 spiro atoms. The van der Waals surface area contributed by atoms with Crippen molar-refractivity contribution in [2.75, 3.05) is 26.7 Å². The largest absolute Gasteiger partial charge is 0.361 e. The SMILES string of the molecule is C[Si](C)(C)CCOCN(COCC[Si](C)(C)C)C1=CC(c2cn[nH]c2)=N/C(=C(/C=N)c2ccc(-c3ccccc3)nc2)N1. The number of aromatic amines is 1. The van der Waals surface area contributed by atoms with Gasteiger partial charge in [0, 0.05) is 76.3 Å². The van der Waals surface area contributed by atoms with E-state index in [-0.39, 0.29) is 0 Å². The molecule has 0 saturated carbocycles. The standard InChI is InChI=1S/C32H45N7O2Si2/c1-42(2,3)16-14-40-23-39(24-41-15-17-43(4,5)6)31-18-30(27-21-35-36-22-27)37-32(38-31)28(19-33)26-12-13-29(34-20-26)25-10-8-7-9-11-25/h7-13,18-22,33,38H,14-17,23-24H2,1-6H3,(H,35,36)/b32-28+,33-19?. The van der Waals surface area contributed by atoms with Crippen LogP contribution < -0.4 is 5.32 Å². The van der Waals surface area contributed by atoms with Gasteiger partial charge in [0.25, 0.3) is 0 Å². The third kappa shape index (κ3) is 9.96. The van der Waals surface area contributed by atoms with Gasteiger partial charge in [-0.05, 0) is 18.2 Å². The summed E-state index contributed by atoms with van der Waals surface area (Å²) >= 11 is 0. The van der Waals surface area contributed by atoms with E-state index >= 15 is 0 Å². The first kappa shape index (κ1) is 32.3. The fourth-order valence-electron chi connectivity index (χ4n) is 4.21. The highest BCUT2D eigenvalue weighted by molar-refractivity contribution is 6.76. The summed E-state index contributed by atoms with van der Waals surface area (Å²) in [4.78, 5) is 11.7. The van der Waals surface area contributed by atoms with Gasteiger partial charge < -0.3 is 25.1 Å². The normalized spacial score (nSPS) is 14.9. The zero-order chi connectivity index (χ0) is 30.9. The summed E-state index contributed by atoms with van der Waals surface area (Å²) in [6, 6.07) is 16.2. The monoisotopic (exact) mass is 615 g/mol. The molecular weight excluding hydrogens is 571 g/mol. The van der Waals surface area contributed by atoms with Gasteiger partial charge in [-0.3, -0.25) is 10.1 Å². The molecule has 228 valence electrons. The van der Waals surface area contributed by atoms with Gasteiger partial charge in [-0.25, -0.2) is 4.99 Å². The summed E-state index contributed by atoms with van der Waals surface area (Å²) in [6.45, 7) is 16.2. The minimum atomic E-state index is -1.23. The number of rotatable bonds is 15. The molecule has 0 fully saturated rings. The molecule has 0 aliphatic carbocycles. The number of benzene rings is 1. The fourth-order valence-corrected chi connectivity index (χ4v) is 5.72. The van der Waals surface area contributed by atoms with E-state index in [1.54, 1.807) is 12.4 Å². The predicted molar refractivity (Wildman–Crippen MR) is 182 cm³/mol. The highest BCUT2D eigenvalue weighted by Crippen LogP contribution is 2.24. The highest BCUT2D eigenvalue weighted by Gasteiger charge is 2.22. The quantitative estimate of drug-likeness (QED) is 0.0764. The number of hydrogen-bond donors (Lipinski definition) is 3. The van der Waals surface area contributed by atoms with Gasteiger partial charge in [-0.2, -0.15) is 5.10 Å². The van der Waals surface area contributed by atoms with Gasteiger partial charge in [-0.15, -0.1) is 0 Å². The molecule has 11 heteroatoms. The molecule has 3 heterocycles. The molecule has 4 rings (SSSR count). The Morgan fingerprint density at radius 1 is 0.884 bits per heavy atom. The number of nitrogens with zero attached hydrogens (tertiary/aromatic N) is 4. The zero-order valence-corrected chi connectivity index (χ0v) is 28.3. The molecule has 3 aromatic rings. The van der Waals surface area contributed by atoms with E-state index in [1.807, 2.05) is 54.7 Å². The van der Waals surface area contributed by atoms with Crippen LogP contribution in [-0.2, 0) is 9.47 Å². The van der Waals surface area contributed by atoms with Crippen molar-refractivity contribution in [3.8, 4) is 11.3 Å². The molecular formula is C32H45N7O2Si2. The maximum Gasteiger partial charge on any atom is 0.141 e. The predicted octanol–water partition coefficient (Wildman–Crippen LogP) is 6.65. The Kier molecular flexibility index (Phi) is 11.0. The van der Waals surface area contributed by atoms with Crippen LogP contribution in [0.25, 0.3) is 16.8 Å². The van der Waals surface area contributed by atoms with Crippen LogP contribution in [0.3, 0.4) is 0 Å². The second-order valence-corrected chi connectivity index (χ2v) is 24.3. The number of nitrogens with one attached hydrogen (secondary N) is 3. The third-order valence-electron chi connectivity index (χ3n) is 6.92. The summed E-state index contributed by atoms with van der Waals surface area (Å²) < 4.78 is 12.4. The van der Waals surface area contributed by atoms with E-state index in [1.165, 1.54) is 6.21 Å². The van der Waals surface area contributed by atoms with Gasteiger partial charge in [0.2, 0.25) is 0 Å². The van der Waals surface area contributed by atoms with Crippen molar-refractivity contribution in [2.45, 2.75) is 51.4 Å². The number of hydrogen-bond acceptors (Lipinski definition) is 8.